The first kappa shape index (κ1) is 11.6. The number of thioether (sulfide) groups is 1. The maximum absolute atomic E-state index is 11.5. The van der Waals surface area contributed by atoms with E-state index in [9.17, 15) is 9.59 Å². The monoisotopic (exact) mass is 215 g/mol. The largest absolute Gasteiger partial charge is 0.339 e. The van der Waals surface area contributed by atoms with Crippen molar-refractivity contribution in [3.63, 3.8) is 0 Å². The summed E-state index contributed by atoms with van der Waals surface area (Å²) in [5.74, 6) is 1.16. The van der Waals surface area contributed by atoms with Gasteiger partial charge in [0.2, 0.25) is 5.91 Å². The lowest BCUT2D eigenvalue weighted by molar-refractivity contribution is -0.141. The van der Waals surface area contributed by atoms with E-state index in [1.54, 1.807) is 11.8 Å². The number of Topliss-reactive ketones (excluding diaryl/α,β-unsaturated/α-hetero) is 1. The summed E-state index contributed by atoms with van der Waals surface area (Å²) in [6.07, 6.45) is 3.73. The molecule has 0 bridgehead atoms. The van der Waals surface area contributed by atoms with Gasteiger partial charge in [-0.05, 0) is 25.4 Å². The molecule has 1 aliphatic rings. The maximum Gasteiger partial charge on any atom is 0.230 e. The van der Waals surface area contributed by atoms with Crippen LogP contribution in [0.4, 0.5) is 0 Å². The highest BCUT2D eigenvalue weighted by atomic mass is 32.2. The molecule has 1 aliphatic heterocycles. The summed E-state index contributed by atoms with van der Waals surface area (Å²) >= 11 is 1.79. The van der Waals surface area contributed by atoms with Crippen molar-refractivity contribution in [2.24, 2.45) is 0 Å². The molecule has 3 nitrogen and oxygen atoms in total. The Morgan fingerprint density at radius 3 is 2.79 bits per heavy atom. The summed E-state index contributed by atoms with van der Waals surface area (Å²) in [6, 6.07) is 0.281. The van der Waals surface area contributed by atoms with E-state index in [1.807, 2.05) is 4.90 Å². The van der Waals surface area contributed by atoms with Crippen LogP contribution in [0, 0.1) is 0 Å². The van der Waals surface area contributed by atoms with E-state index in [0.717, 1.165) is 12.2 Å². The molecule has 0 aromatic heterocycles. The number of amides is 1. The molecule has 1 unspecified atom stereocenters. The van der Waals surface area contributed by atoms with Gasteiger partial charge in [0.05, 0.1) is 6.42 Å². The van der Waals surface area contributed by atoms with Gasteiger partial charge < -0.3 is 4.90 Å². The predicted molar refractivity (Wildman–Crippen MR) is 58.4 cm³/mol. The van der Waals surface area contributed by atoms with Crippen molar-refractivity contribution >= 4 is 23.5 Å². The van der Waals surface area contributed by atoms with E-state index in [-0.39, 0.29) is 24.2 Å². The zero-order valence-corrected chi connectivity index (χ0v) is 9.60. The number of hydrogen-bond acceptors (Lipinski definition) is 3. The van der Waals surface area contributed by atoms with Crippen molar-refractivity contribution in [2.45, 2.75) is 32.2 Å². The number of nitrogens with zero attached hydrogens (tertiary/aromatic N) is 1. The number of piperidine rings is 1. The quantitative estimate of drug-likeness (QED) is 0.664. The van der Waals surface area contributed by atoms with Crippen LogP contribution in [0.2, 0.25) is 0 Å². The van der Waals surface area contributed by atoms with Gasteiger partial charge in [0, 0.05) is 19.0 Å². The maximum atomic E-state index is 11.5. The van der Waals surface area contributed by atoms with Crippen LogP contribution in [-0.4, -0.2) is 41.2 Å². The third-order valence-electron chi connectivity index (χ3n) is 2.57. The number of rotatable bonds is 4. The Bertz CT molecular complexity index is 230. The molecule has 0 spiro atoms. The lowest BCUT2D eigenvalue weighted by Crippen LogP contribution is -2.44. The molecule has 1 fully saturated rings. The van der Waals surface area contributed by atoms with E-state index in [4.69, 9.17) is 0 Å². The van der Waals surface area contributed by atoms with Crippen LogP contribution in [-0.2, 0) is 9.59 Å². The van der Waals surface area contributed by atoms with Crippen molar-refractivity contribution < 1.29 is 9.59 Å². The standard InChI is InChI=1S/C10H17NO2S/c1-8(4-6-14-2)11-5-3-9(12)7-10(11)13/h8H,3-7H2,1-2H3. The van der Waals surface area contributed by atoms with Gasteiger partial charge in [-0.15, -0.1) is 0 Å². The SMILES string of the molecule is CSCCC(C)N1CCC(=O)CC1=O. The van der Waals surface area contributed by atoms with Gasteiger partial charge in [0.25, 0.3) is 0 Å². The van der Waals surface area contributed by atoms with E-state index in [2.05, 4.69) is 13.2 Å². The number of ketones is 1. The Kier molecular flexibility index (Phi) is 4.45. The minimum absolute atomic E-state index is 0.00912. The first-order valence-corrected chi connectivity index (χ1v) is 6.34. The molecule has 0 aliphatic carbocycles. The second kappa shape index (κ2) is 5.39. The van der Waals surface area contributed by atoms with Crippen LogP contribution in [0.3, 0.4) is 0 Å². The molecular formula is C10H17NO2S. The predicted octanol–water partition coefficient (Wildman–Crippen LogP) is 1.32. The molecule has 1 saturated heterocycles. The molecule has 1 amide bonds. The summed E-state index contributed by atoms with van der Waals surface area (Å²) in [4.78, 5) is 24.4. The molecule has 0 radical (unpaired) electrons. The molecule has 0 saturated carbocycles. The molecule has 1 atom stereocenters. The lowest BCUT2D eigenvalue weighted by atomic mass is 10.1. The molecule has 1 heterocycles. The highest BCUT2D eigenvalue weighted by Gasteiger charge is 2.26. The second-order valence-corrected chi connectivity index (χ2v) is 4.67. The Hall–Kier alpha value is -0.510. The molecular weight excluding hydrogens is 198 g/mol. The topological polar surface area (TPSA) is 37.4 Å². The summed E-state index contributed by atoms with van der Waals surface area (Å²) in [5.41, 5.74) is 0. The fourth-order valence-corrected chi connectivity index (χ4v) is 2.22. The third kappa shape index (κ3) is 3.01. The van der Waals surface area contributed by atoms with E-state index >= 15 is 0 Å². The highest BCUT2D eigenvalue weighted by molar-refractivity contribution is 7.98. The smallest absolute Gasteiger partial charge is 0.230 e. The lowest BCUT2D eigenvalue weighted by Gasteiger charge is -2.31. The normalized spacial score (nSPS) is 20.0. The zero-order chi connectivity index (χ0) is 10.6. The molecule has 0 N–H and O–H groups in total. The van der Waals surface area contributed by atoms with Crippen LogP contribution in [0.25, 0.3) is 0 Å². The Labute approximate surface area is 89.2 Å². The number of carbonyl (C=O) groups excluding carboxylic acids is 2. The minimum Gasteiger partial charge on any atom is -0.339 e. The van der Waals surface area contributed by atoms with Crippen molar-refractivity contribution in [3.8, 4) is 0 Å². The van der Waals surface area contributed by atoms with Gasteiger partial charge in [0.15, 0.2) is 0 Å². The van der Waals surface area contributed by atoms with Crippen LogP contribution in [0.5, 0.6) is 0 Å². The van der Waals surface area contributed by atoms with Crippen LogP contribution in [0.15, 0.2) is 0 Å². The Morgan fingerprint density at radius 1 is 1.50 bits per heavy atom. The molecule has 0 aromatic carbocycles. The fraction of sp³-hybridized carbons (Fsp3) is 0.800. The molecule has 1 rings (SSSR count). The summed E-state index contributed by atoms with van der Waals surface area (Å²) in [6.45, 7) is 2.68. The van der Waals surface area contributed by atoms with Crippen LogP contribution in [0.1, 0.15) is 26.2 Å². The first-order valence-electron chi connectivity index (χ1n) is 4.95. The van der Waals surface area contributed by atoms with Gasteiger partial charge in [-0.1, -0.05) is 0 Å². The van der Waals surface area contributed by atoms with Gasteiger partial charge in [0.1, 0.15) is 5.78 Å². The van der Waals surface area contributed by atoms with Crippen LogP contribution >= 0.6 is 11.8 Å². The number of carbonyl (C=O) groups is 2. The van der Waals surface area contributed by atoms with Gasteiger partial charge in [-0.25, -0.2) is 0 Å². The summed E-state index contributed by atoms with van der Waals surface area (Å²) in [5, 5.41) is 0. The van der Waals surface area contributed by atoms with E-state index in [1.165, 1.54) is 0 Å². The fourth-order valence-electron chi connectivity index (χ4n) is 1.64. The average molecular weight is 215 g/mol. The molecule has 80 valence electrons. The number of likely N-dealkylation sites (tertiary alicyclic amines) is 1. The second-order valence-electron chi connectivity index (χ2n) is 3.68. The van der Waals surface area contributed by atoms with Gasteiger partial charge >= 0.3 is 0 Å². The minimum atomic E-state index is 0.00912. The highest BCUT2D eigenvalue weighted by Crippen LogP contribution is 2.14. The first-order chi connectivity index (χ1) is 6.65. The summed E-state index contributed by atoms with van der Waals surface area (Å²) < 4.78 is 0. The van der Waals surface area contributed by atoms with Crippen molar-refractivity contribution in [3.05, 3.63) is 0 Å². The van der Waals surface area contributed by atoms with Crippen molar-refractivity contribution in [1.29, 1.82) is 0 Å². The van der Waals surface area contributed by atoms with Gasteiger partial charge in [-0.2, -0.15) is 11.8 Å². The third-order valence-corrected chi connectivity index (χ3v) is 3.22. The zero-order valence-electron chi connectivity index (χ0n) is 8.78. The van der Waals surface area contributed by atoms with Crippen molar-refractivity contribution in [1.82, 2.24) is 4.90 Å². The average Bonchev–Trinajstić information content (AvgIpc) is 2.14. The van der Waals surface area contributed by atoms with Gasteiger partial charge in [-0.3, -0.25) is 9.59 Å². The molecule has 14 heavy (non-hydrogen) atoms. The summed E-state index contributed by atoms with van der Waals surface area (Å²) in [7, 11) is 0. The van der Waals surface area contributed by atoms with E-state index < -0.39 is 0 Å². The molecule has 4 heteroatoms. The number of hydrogen-bond donors (Lipinski definition) is 0. The molecule has 0 aromatic rings. The van der Waals surface area contributed by atoms with E-state index in [0.29, 0.717) is 13.0 Å². The Morgan fingerprint density at radius 2 is 2.21 bits per heavy atom. The van der Waals surface area contributed by atoms with Crippen molar-refractivity contribution in [2.75, 3.05) is 18.6 Å². The van der Waals surface area contributed by atoms with Crippen LogP contribution < -0.4 is 0 Å². The Balaban J connectivity index is 2.43.